The van der Waals surface area contributed by atoms with Gasteiger partial charge in [-0.1, -0.05) is 35.9 Å². The minimum absolute atomic E-state index is 0.949. The Kier molecular flexibility index (Phi) is 3.80. The molecule has 4 aromatic rings. The van der Waals surface area contributed by atoms with Gasteiger partial charge < -0.3 is 0 Å². The van der Waals surface area contributed by atoms with Gasteiger partial charge in [-0.25, -0.2) is 4.57 Å². The lowest BCUT2D eigenvalue weighted by Gasteiger charge is -2.13. The van der Waals surface area contributed by atoms with Crippen molar-refractivity contribution in [2.24, 2.45) is 7.05 Å². The van der Waals surface area contributed by atoms with Crippen LogP contribution in [0.15, 0.2) is 48.8 Å². The summed E-state index contributed by atoms with van der Waals surface area (Å²) in [4.78, 5) is 4.93. The van der Waals surface area contributed by atoms with Crippen molar-refractivity contribution in [1.82, 2.24) is 4.98 Å². The highest BCUT2D eigenvalue weighted by molar-refractivity contribution is 5.91. The van der Waals surface area contributed by atoms with E-state index in [1.807, 2.05) is 6.33 Å². The summed E-state index contributed by atoms with van der Waals surface area (Å²) in [7, 11) is 2.13. The third-order valence-corrected chi connectivity index (χ3v) is 7.35. The molecular formula is C29H27N2+. The van der Waals surface area contributed by atoms with E-state index in [2.05, 4.69) is 81.8 Å². The quantitative estimate of drug-likeness (QED) is 0.310. The number of hydrogen-bond donors (Lipinski definition) is 0. The predicted octanol–water partition coefficient (Wildman–Crippen LogP) is 5.95. The van der Waals surface area contributed by atoms with Crippen LogP contribution in [0.1, 0.15) is 44.5 Å². The number of benzene rings is 3. The van der Waals surface area contributed by atoms with E-state index < -0.39 is 0 Å². The van der Waals surface area contributed by atoms with E-state index in [0.29, 0.717) is 0 Å². The SMILES string of the molecule is Cc1cc(C)c(C)c(-c2c3c(nc[n+]2C)-c2ccc4c(c2C3)-c2c(C)cccc2C4)c1. The minimum atomic E-state index is 0.949. The Bertz CT molecular complexity index is 1430. The molecule has 0 radical (unpaired) electrons. The fraction of sp³-hybridized carbons (Fsp3) is 0.241. The van der Waals surface area contributed by atoms with Crippen molar-refractivity contribution in [2.75, 3.05) is 0 Å². The summed E-state index contributed by atoms with van der Waals surface area (Å²) in [5.41, 5.74) is 19.2. The standard InChI is InChI=1S/C29H27N2/c1-16-11-18(3)19(4)23(12-16)29-25-14-24-22(28(25)30-15-31(29)5)10-9-21-13-20-8-6-7-17(2)26(20)27(21)24/h6-12,15H,13-14H2,1-5H3/q+1. The first kappa shape index (κ1) is 18.5. The van der Waals surface area contributed by atoms with Crippen LogP contribution in [-0.4, -0.2) is 4.98 Å². The fourth-order valence-corrected chi connectivity index (χ4v) is 5.82. The molecule has 0 N–H and O–H groups in total. The first-order valence-electron chi connectivity index (χ1n) is 11.1. The van der Waals surface area contributed by atoms with Gasteiger partial charge in [0.25, 0.3) is 6.33 Å². The molecule has 1 aromatic heterocycles. The highest BCUT2D eigenvalue weighted by Gasteiger charge is 2.35. The molecule has 0 bridgehead atoms. The van der Waals surface area contributed by atoms with E-state index >= 15 is 0 Å². The number of rotatable bonds is 1. The largest absolute Gasteiger partial charge is 0.287 e. The van der Waals surface area contributed by atoms with Gasteiger partial charge in [0, 0.05) is 17.5 Å². The monoisotopic (exact) mass is 403 g/mol. The highest BCUT2D eigenvalue weighted by atomic mass is 15.0. The van der Waals surface area contributed by atoms with Crippen LogP contribution >= 0.6 is 0 Å². The van der Waals surface area contributed by atoms with Gasteiger partial charge in [-0.2, -0.15) is 0 Å². The molecule has 31 heavy (non-hydrogen) atoms. The molecule has 0 fully saturated rings. The Morgan fingerprint density at radius 1 is 0.774 bits per heavy atom. The molecule has 0 unspecified atom stereocenters. The zero-order valence-corrected chi connectivity index (χ0v) is 18.9. The average Bonchev–Trinajstić information content (AvgIpc) is 3.29. The van der Waals surface area contributed by atoms with Gasteiger partial charge in [-0.3, -0.25) is 0 Å². The van der Waals surface area contributed by atoms with Crippen LogP contribution in [0.3, 0.4) is 0 Å². The normalized spacial score (nSPS) is 13.1. The second-order valence-electron chi connectivity index (χ2n) is 9.37. The zero-order chi connectivity index (χ0) is 21.4. The van der Waals surface area contributed by atoms with Crippen LogP contribution in [0.5, 0.6) is 0 Å². The Labute approximate surface area is 184 Å². The maximum Gasteiger partial charge on any atom is 0.287 e. The number of hydrogen-bond acceptors (Lipinski definition) is 1. The van der Waals surface area contributed by atoms with Crippen LogP contribution in [0.25, 0.3) is 33.6 Å². The molecule has 0 spiro atoms. The van der Waals surface area contributed by atoms with E-state index in [9.17, 15) is 0 Å². The van der Waals surface area contributed by atoms with Gasteiger partial charge in [0.15, 0.2) is 5.69 Å². The number of aryl methyl sites for hydroxylation is 4. The Morgan fingerprint density at radius 2 is 1.58 bits per heavy atom. The third-order valence-electron chi connectivity index (χ3n) is 7.35. The van der Waals surface area contributed by atoms with Gasteiger partial charge in [0.05, 0.1) is 12.6 Å². The second-order valence-corrected chi connectivity index (χ2v) is 9.37. The molecule has 2 heteroatoms. The summed E-state index contributed by atoms with van der Waals surface area (Å²) >= 11 is 0. The minimum Gasteiger partial charge on any atom is -0.232 e. The highest BCUT2D eigenvalue weighted by Crippen LogP contribution is 2.49. The van der Waals surface area contributed by atoms with Crippen LogP contribution in [-0.2, 0) is 19.9 Å². The van der Waals surface area contributed by atoms with Gasteiger partial charge >= 0.3 is 0 Å². The predicted molar refractivity (Wildman–Crippen MR) is 126 cm³/mol. The molecule has 1 heterocycles. The van der Waals surface area contributed by atoms with E-state index in [4.69, 9.17) is 4.98 Å². The smallest absolute Gasteiger partial charge is 0.232 e. The molecule has 0 atom stereocenters. The van der Waals surface area contributed by atoms with Crippen molar-refractivity contribution in [2.45, 2.75) is 40.5 Å². The van der Waals surface area contributed by atoms with Crippen molar-refractivity contribution in [3.8, 4) is 33.6 Å². The zero-order valence-electron chi connectivity index (χ0n) is 18.9. The van der Waals surface area contributed by atoms with Crippen LogP contribution in [0.4, 0.5) is 0 Å². The van der Waals surface area contributed by atoms with Gasteiger partial charge in [0.1, 0.15) is 5.69 Å². The molecule has 2 aliphatic carbocycles. The van der Waals surface area contributed by atoms with Crippen LogP contribution in [0.2, 0.25) is 0 Å². The first-order valence-corrected chi connectivity index (χ1v) is 11.1. The molecule has 2 nitrogen and oxygen atoms in total. The molecule has 3 aromatic carbocycles. The molecular weight excluding hydrogens is 376 g/mol. The third kappa shape index (κ3) is 2.51. The lowest BCUT2D eigenvalue weighted by atomic mass is 9.92. The molecule has 0 aliphatic heterocycles. The fourth-order valence-electron chi connectivity index (χ4n) is 5.82. The molecule has 2 aliphatic rings. The van der Waals surface area contributed by atoms with E-state index in [1.54, 1.807) is 0 Å². The van der Waals surface area contributed by atoms with Crippen molar-refractivity contribution in [3.63, 3.8) is 0 Å². The van der Waals surface area contributed by atoms with E-state index in [-0.39, 0.29) is 0 Å². The summed E-state index contributed by atoms with van der Waals surface area (Å²) in [6.07, 6.45) is 3.98. The van der Waals surface area contributed by atoms with Crippen molar-refractivity contribution in [3.05, 3.63) is 93.3 Å². The first-order chi connectivity index (χ1) is 14.9. The summed E-state index contributed by atoms with van der Waals surface area (Å²) in [5.74, 6) is 0. The second kappa shape index (κ2) is 6.37. The van der Waals surface area contributed by atoms with E-state index in [1.165, 1.54) is 72.5 Å². The number of aromatic nitrogens is 2. The van der Waals surface area contributed by atoms with E-state index in [0.717, 1.165) is 18.5 Å². The molecule has 152 valence electrons. The molecule has 0 saturated carbocycles. The maximum absolute atomic E-state index is 4.93. The van der Waals surface area contributed by atoms with Crippen molar-refractivity contribution in [1.29, 1.82) is 0 Å². The van der Waals surface area contributed by atoms with Crippen molar-refractivity contribution >= 4 is 0 Å². The summed E-state index contributed by atoms with van der Waals surface area (Å²) in [5, 5.41) is 0. The van der Waals surface area contributed by atoms with Crippen LogP contribution in [0, 0.1) is 27.7 Å². The topological polar surface area (TPSA) is 16.8 Å². The maximum atomic E-state index is 4.93. The van der Waals surface area contributed by atoms with Gasteiger partial charge in [0.2, 0.25) is 0 Å². The number of fused-ring (bicyclic) bond motifs is 7. The Balaban J connectivity index is 1.62. The average molecular weight is 404 g/mol. The lowest BCUT2D eigenvalue weighted by Crippen LogP contribution is -2.33. The van der Waals surface area contributed by atoms with Gasteiger partial charge in [-0.15, -0.1) is 0 Å². The van der Waals surface area contributed by atoms with Gasteiger partial charge in [-0.05, 0) is 95.7 Å². The van der Waals surface area contributed by atoms with Crippen molar-refractivity contribution < 1.29 is 4.57 Å². The molecule has 0 amide bonds. The van der Waals surface area contributed by atoms with Crippen LogP contribution < -0.4 is 4.57 Å². The Morgan fingerprint density at radius 3 is 2.42 bits per heavy atom. The summed E-state index contributed by atoms with van der Waals surface area (Å²) in [6, 6.07) is 16.0. The number of nitrogens with zero attached hydrogens (tertiary/aromatic N) is 2. The Hall–Kier alpha value is -3.26. The lowest BCUT2D eigenvalue weighted by molar-refractivity contribution is -0.663. The summed E-state index contributed by atoms with van der Waals surface area (Å²) < 4.78 is 2.21. The summed E-state index contributed by atoms with van der Waals surface area (Å²) in [6.45, 7) is 8.90. The molecule has 6 rings (SSSR count). The molecule has 0 saturated heterocycles.